The number of phenols is 1. The van der Waals surface area contributed by atoms with E-state index in [0.29, 0.717) is 5.75 Å². The third kappa shape index (κ3) is 6.48. The van der Waals surface area contributed by atoms with E-state index in [-0.39, 0.29) is 36.9 Å². The molecule has 5 heteroatoms. The van der Waals surface area contributed by atoms with Crippen LogP contribution in [0.15, 0.2) is 18.2 Å². The van der Waals surface area contributed by atoms with Gasteiger partial charge in [0, 0.05) is 12.1 Å². The maximum Gasteiger partial charge on any atom is 0.122 e. The summed E-state index contributed by atoms with van der Waals surface area (Å²) in [5.41, 5.74) is 13.7. The third-order valence-corrected chi connectivity index (χ3v) is 3.22. The van der Waals surface area contributed by atoms with Gasteiger partial charge in [0.05, 0.1) is 0 Å². The monoisotopic (exact) mass is 308 g/mol. The minimum absolute atomic E-state index is 0. The zero-order valence-electron chi connectivity index (χ0n) is 11.6. The first-order valence-electron chi connectivity index (χ1n) is 6.39. The van der Waals surface area contributed by atoms with Crippen LogP contribution in [-0.2, 0) is 12.8 Å². The van der Waals surface area contributed by atoms with Gasteiger partial charge in [-0.2, -0.15) is 0 Å². The van der Waals surface area contributed by atoms with Gasteiger partial charge in [-0.05, 0) is 36.8 Å². The summed E-state index contributed by atoms with van der Waals surface area (Å²) in [5.74, 6) is 0.375. The second-order valence-electron chi connectivity index (χ2n) is 4.67. The Morgan fingerprint density at radius 3 is 1.63 bits per heavy atom. The lowest BCUT2D eigenvalue weighted by Crippen LogP contribution is -2.23. The van der Waals surface area contributed by atoms with Gasteiger partial charge < -0.3 is 16.6 Å². The zero-order valence-corrected chi connectivity index (χ0v) is 13.3. The van der Waals surface area contributed by atoms with Gasteiger partial charge in [0.1, 0.15) is 5.75 Å². The number of rotatable bonds is 6. The Kier molecular flexibility index (Phi) is 11.3. The molecule has 0 fully saturated rings. The van der Waals surface area contributed by atoms with E-state index in [1.54, 1.807) is 0 Å². The van der Waals surface area contributed by atoms with E-state index < -0.39 is 0 Å². The molecule has 2 unspecified atom stereocenters. The van der Waals surface area contributed by atoms with Crippen LogP contribution in [0.2, 0.25) is 0 Å². The van der Waals surface area contributed by atoms with Crippen LogP contribution in [0.3, 0.4) is 0 Å². The van der Waals surface area contributed by atoms with Gasteiger partial charge in [-0.3, -0.25) is 0 Å². The number of hydrogen-bond donors (Lipinski definition) is 3. The molecule has 5 N–H and O–H groups in total. The highest BCUT2D eigenvalue weighted by molar-refractivity contribution is 5.85. The maximum absolute atomic E-state index is 10.2. The number of hydrogen-bond acceptors (Lipinski definition) is 3. The summed E-state index contributed by atoms with van der Waals surface area (Å²) >= 11 is 0. The SMILES string of the molecule is CCC(N)Cc1cccc(CC(N)CC)c1O.Cl.Cl. The first-order valence-corrected chi connectivity index (χ1v) is 6.39. The Labute approximate surface area is 128 Å². The number of benzene rings is 1. The van der Waals surface area contributed by atoms with Crippen LogP contribution in [0.25, 0.3) is 0 Å². The fourth-order valence-corrected chi connectivity index (χ4v) is 1.83. The van der Waals surface area contributed by atoms with Gasteiger partial charge in [0.25, 0.3) is 0 Å². The van der Waals surface area contributed by atoms with Gasteiger partial charge in [0.15, 0.2) is 0 Å². The van der Waals surface area contributed by atoms with Crippen LogP contribution < -0.4 is 11.5 Å². The molecule has 0 saturated heterocycles. The van der Waals surface area contributed by atoms with Crippen molar-refractivity contribution in [1.82, 2.24) is 0 Å². The molecule has 1 aromatic rings. The smallest absolute Gasteiger partial charge is 0.122 e. The van der Waals surface area contributed by atoms with Crippen molar-refractivity contribution in [1.29, 1.82) is 0 Å². The van der Waals surface area contributed by atoms with Crippen LogP contribution in [0, 0.1) is 0 Å². The summed E-state index contributed by atoms with van der Waals surface area (Å²) in [6.07, 6.45) is 3.27. The highest BCUT2D eigenvalue weighted by Gasteiger charge is 2.11. The molecule has 0 amide bonds. The van der Waals surface area contributed by atoms with Crippen LogP contribution >= 0.6 is 24.8 Å². The van der Waals surface area contributed by atoms with Gasteiger partial charge in [-0.1, -0.05) is 32.0 Å². The van der Waals surface area contributed by atoms with E-state index in [1.807, 2.05) is 18.2 Å². The summed E-state index contributed by atoms with van der Waals surface area (Å²) in [6.45, 7) is 4.11. The molecule has 0 aliphatic carbocycles. The largest absolute Gasteiger partial charge is 0.507 e. The number of halogens is 2. The minimum Gasteiger partial charge on any atom is -0.507 e. The van der Waals surface area contributed by atoms with Crippen molar-refractivity contribution in [3.63, 3.8) is 0 Å². The van der Waals surface area contributed by atoms with Crippen LogP contribution in [0.1, 0.15) is 37.8 Å². The van der Waals surface area contributed by atoms with Crippen molar-refractivity contribution in [2.24, 2.45) is 11.5 Å². The Bertz CT molecular complexity index is 331. The second-order valence-corrected chi connectivity index (χ2v) is 4.67. The molecule has 0 spiro atoms. The summed E-state index contributed by atoms with van der Waals surface area (Å²) in [6, 6.07) is 6.05. The van der Waals surface area contributed by atoms with Crippen molar-refractivity contribution in [2.75, 3.05) is 0 Å². The Balaban J connectivity index is 0. The molecule has 2 atom stereocenters. The number of aromatic hydroxyl groups is 1. The summed E-state index contributed by atoms with van der Waals surface area (Å²) in [5, 5.41) is 10.2. The average molecular weight is 309 g/mol. The highest BCUT2D eigenvalue weighted by Crippen LogP contribution is 2.25. The lowest BCUT2D eigenvalue weighted by Gasteiger charge is -2.15. The number of phenolic OH excluding ortho intramolecular Hbond substituents is 1. The fraction of sp³-hybridized carbons (Fsp3) is 0.571. The molecule has 1 aromatic carbocycles. The fourth-order valence-electron chi connectivity index (χ4n) is 1.83. The average Bonchev–Trinajstić information content (AvgIpc) is 2.33. The van der Waals surface area contributed by atoms with E-state index in [4.69, 9.17) is 11.5 Å². The zero-order chi connectivity index (χ0) is 12.8. The molecule has 3 nitrogen and oxygen atoms in total. The second kappa shape index (κ2) is 10.3. The van der Waals surface area contributed by atoms with Crippen LogP contribution in [0.4, 0.5) is 0 Å². The highest BCUT2D eigenvalue weighted by atomic mass is 35.5. The predicted octanol–water partition coefficient (Wildman–Crippen LogP) is 2.80. The summed E-state index contributed by atoms with van der Waals surface area (Å²) < 4.78 is 0. The molecular formula is C14H26Cl2N2O. The van der Waals surface area contributed by atoms with Gasteiger partial charge in [0.2, 0.25) is 0 Å². The topological polar surface area (TPSA) is 72.3 Å². The van der Waals surface area contributed by atoms with Crippen molar-refractivity contribution in [3.05, 3.63) is 29.3 Å². The van der Waals surface area contributed by atoms with E-state index in [2.05, 4.69) is 13.8 Å². The first kappa shape index (κ1) is 20.8. The lowest BCUT2D eigenvalue weighted by atomic mass is 9.97. The quantitative estimate of drug-likeness (QED) is 0.756. The van der Waals surface area contributed by atoms with Crippen LogP contribution in [-0.4, -0.2) is 17.2 Å². The molecule has 0 heterocycles. The normalized spacial score (nSPS) is 13.1. The molecule has 0 aliphatic heterocycles. The maximum atomic E-state index is 10.2. The molecule has 19 heavy (non-hydrogen) atoms. The van der Waals surface area contributed by atoms with E-state index in [1.165, 1.54) is 0 Å². The van der Waals surface area contributed by atoms with Crippen molar-refractivity contribution in [3.8, 4) is 5.75 Å². The van der Waals surface area contributed by atoms with E-state index in [0.717, 1.165) is 36.8 Å². The van der Waals surface area contributed by atoms with E-state index >= 15 is 0 Å². The van der Waals surface area contributed by atoms with E-state index in [9.17, 15) is 5.11 Å². The molecule has 0 saturated carbocycles. The van der Waals surface area contributed by atoms with Crippen molar-refractivity contribution in [2.45, 2.75) is 51.6 Å². The first-order chi connectivity index (χ1) is 8.08. The molecule has 1 rings (SSSR count). The molecule has 112 valence electrons. The minimum atomic E-state index is 0. The summed E-state index contributed by atoms with van der Waals surface area (Å²) in [4.78, 5) is 0. The van der Waals surface area contributed by atoms with Crippen molar-refractivity contribution < 1.29 is 5.11 Å². The van der Waals surface area contributed by atoms with Gasteiger partial charge in [-0.15, -0.1) is 24.8 Å². The standard InChI is InChI=1S/C14H24N2O.2ClH/c1-3-12(15)8-10-6-5-7-11(14(10)17)9-13(16)4-2;;/h5-7,12-13,17H,3-4,8-9,15-16H2,1-2H3;2*1H. The predicted molar refractivity (Wildman–Crippen MR) is 86.5 cm³/mol. The molecule has 0 bridgehead atoms. The van der Waals surface area contributed by atoms with Crippen LogP contribution in [0.5, 0.6) is 5.75 Å². The molecular weight excluding hydrogens is 283 g/mol. The Hall–Kier alpha value is -0.480. The third-order valence-electron chi connectivity index (χ3n) is 3.22. The Morgan fingerprint density at radius 2 is 1.32 bits per heavy atom. The molecule has 0 radical (unpaired) electrons. The Morgan fingerprint density at radius 1 is 0.947 bits per heavy atom. The van der Waals surface area contributed by atoms with Gasteiger partial charge in [-0.25, -0.2) is 0 Å². The van der Waals surface area contributed by atoms with Gasteiger partial charge >= 0.3 is 0 Å². The van der Waals surface area contributed by atoms with Crippen molar-refractivity contribution >= 4 is 24.8 Å². The summed E-state index contributed by atoms with van der Waals surface area (Å²) in [7, 11) is 0. The molecule has 0 aromatic heterocycles. The number of para-hydroxylation sites is 1. The number of nitrogens with two attached hydrogens (primary N) is 2. The molecule has 0 aliphatic rings. The lowest BCUT2D eigenvalue weighted by molar-refractivity contribution is 0.453.